The molecule has 2 heterocycles. The maximum Gasteiger partial charge on any atom is 0.285 e. The van der Waals surface area contributed by atoms with Gasteiger partial charge in [0.25, 0.3) is 5.91 Å². The summed E-state index contributed by atoms with van der Waals surface area (Å²) in [5.41, 5.74) is 3.73. The van der Waals surface area contributed by atoms with Crippen LogP contribution in [0.5, 0.6) is 0 Å². The molecule has 6 nitrogen and oxygen atoms in total. The van der Waals surface area contributed by atoms with Crippen molar-refractivity contribution in [2.75, 3.05) is 0 Å². The predicted octanol–water partition coefficient (Wildman–Crippen LogP) is 5.27. The summed E-state index contributed by atoms with van der Waals surface area (Å²) >= 11 is 6.58. The predicted molar refractivity (Wildman–Crippen MR) is 133 cm³/mol. The number of rotatable bonds is 4. The Labute approximate surface area is 207 Å². The van der Waals surface area contributed by atoms with E-state index in [2.05, 4.69) is 11.5 Å². The van der Waals surface area contributed by atoms with Gasteiger partial charge in [-0.2, -0.15) is 10.3 Å². The molecule has 1 aliphatic heterocycles. The highest BCUT2D eigenvalue weighted by molar-refractivity contribution is 8.26. The zero-order chi connectivity index (χ0) is 23.4. The fourth-order valence-corrected chi connectivity index (χ4v) is 7.83. The maximum absolute atomic E-state index is 13.4. The lowest BCUT2D eigenvalue weighted by molar-refractivity contribution is -0.152. The molecule has 1 N–H and O–H groups in total. The molecule has 7 rings (SSSR count). The fraction of sp³-hybridized carbons (Fsp3) is 0.385. The number of furan rings is 1. The van der Waals surface area contributed by atoms with E-state index in [0.717, 1.165) is 31.0 Å². The van der Waals surface area contributed by atoms with E-state index < -0.39 is 0 Å². The average Bonchev–Trinajstić information content (AvgIpc) is 3.38. The van der Waals surface area contributed by atoms with Crippen molar-refractivity contribution in [2.24, 2.45) is 23.2 Å². The molecule has 5 aliphatic rings. The first-order valence-electron chi connectivity index (χ1n) is 11.6. The van der Waals surface area contributed by atoms with Gasteiger partial charge in [-0.05, 0) is 92.8 Å². The summed E-state index contributed by atoms with van der Waals surface area (Å²) in [6.45, 7) is 0. The second-order valence-electron chi connectivity index (χ2n) is 10.0. The minimum absolute atomic E-state index is 0.0578. The number of nitrogens with one attached hydrogen (secondary N) is 1. The minimum atomic E-state index is -0.355. The Hall–Kier alpha value is -2.89. The molecule has 0 radical (unpaired) electrons. The molecule has 0 unspecified atom stereocenters. The Balaban J connectivity index is 1.19. The molecular weight excluding hydrogens is 466 g/mol. The molecule has 2 aromatic rings. The van der Waals surface area contributed by atoms with Crippen molar-refractivity contribution in [2.45, 2.75) is 38.5 Å². The third-order valence-electron chi connectivity index (χ3n) is 7.74. The Bertz CT molecular complexity index is 1250. The summed E-state index contributed by atoms with van der Waals surface area (Å²) in [7, 11) is 0. The second-order valence-corrected chi connectivity index (χ2v) is 11.7. The number of amides is 2. The molecule has 34 heavy (non-hydrogen) atoms. The number of nitrogens with zero attached hydrogens (tertiary/aromatic N) is 2. The number of thiocarbonyl (C=S) groups is 1. The van der Waals surface area contributed by atoms with Gasteiger partial charge < -0.3 is 4.42 Å². The van der Waals surface area contributed by atoms with Crippen LogP contribution in [0.2, 0.25) is 0 Å². The summed E-state index contributed by atoms with van der Waals surface area (Å²) in [6, 6.07) is 12.9. The topological polar surface area (TPSA) is 86.3 Å². The molecule has 2 amide bonds. The van der Waals surface area contributed by atoms with Crippen molar-refractivity contribution >= 4 is 46.2 Å². The molecule has 1 aromatic heterocycles. The lowest BCUT2D eigenvalue weighted by Gasteiger charge is -2.55. The second kappa shape index (κ2) is 8.10. The van der Waals surface area contributed by atoms with Crippen LogP contribution in [0.4, 0.5) is 0 Å². The van der Waals surface area contributed by atoms with Crippen molar-refractivity contribution in [3.63, 3.8) is 0 Å². The molecule has 5 fully saturated rings. The van der Waals surface area contributed by atoms with Gasteiger partial charge in [0.05, 0.1) is 22.0 Å². The number of thioether (sulfide) groups is 1. The zero-order valence-electron chi connectivity index (χ0n) is 18.5. The molecule has 1 saturated heterocycles. The molecule has 4 bridgehead atoms. The van der Waals surface area contributed by atoms with Gasteiger partial charge in [-0.3, -0.25) is 15.0 Å². The van der Waals surface area contributed by atoms with E-state index in [1.165, 1.54) is 24.3 Å². The minimum Gasteiger partial charge on any atom is -0.457 e. The first-order chi connectivity index (χ1) is 16.4. The van der Waals surface area contributed by atoms with Crippen LogP contribution >= 0.6 is 24.0 Å². The molecular formula is C26H23N3O3S2. The summed E-state index contributed by atoms with van der Waals surface area (Å²) in [5, 5.41) is 10.6. The van der Waals surface area contributed by atoms with Crippen molar-refractivity contribution in [1.82, 2.24) is 10.4 Å². The van der Waals surface area contributed by atoms with E-state index in [1.807, 2.05) is 12.1 Å². The van der Waals surface area contributed by atoms with Crippen LogP contribution in [0.3, 0.4) is 0 Å². The molecule has 1 aromatic carbocycles. The molecule has 4 saturated carbocycles. The Kier molecular flexibility index (Phi) is 5.16. The van der Waals surface area contributed by atoms with E-state index in [9.17, 15) is 14.9 Å². The number of hydrogen-bond acceptors (Lipinski definition) is 6. The molecule has 4 aliphatic carbocycles. The standard InChI is InChI=1S/C26H23N3O3S2/c27-14-18-3-1-2-4-20(18)21-6-5-19(32-21)10-22-23(30)29(25(33)34-22)28-24(31)26-11-15-7-16(12-26)9-17(8-15)13-26/h1-6,10,15-17H,7-9,11-13H2,(H,28,31)/b22-10+. The molecule has 172 valence electrons. The van der Waals surface area contributed by atoms with Crippen molar-refractivity contribution in [3.8, 4) is 17.4 Å². The van der Waals surface area contributed by atoms with Crippen LogP contribution in [0.25, 0.3) is 17.4 Å². The van der Waals surface area contributed by atoms with E-state index in [0.29, 0.717) is 49.6 Å². The monoisotopic (exact) mass is 489 g/mol. The first-order valence-corrected chi connectivity index (χ1v) is 12.8. The van der Waals surface area contributed by atoms with Gasteiger partial charge >= 0.3 is 0 Å². The lowest BCUT2D eigenvalue weighted by atomic mass is 9.49. The van der Waals surface area contributed by atoms with Crippen molar-refractivity contribution in [1.29, 1.82) is 5.26 Å². The Morgan fingerprint density at radius 1 is 1.15 bits per heavy atom. The van der Waals surface area contributed by atoms with Gasteiger partial charge in [-0.1, -0.05) is 23.9 Å². The van der Waals surface area contributed by atoms with Crippen LogP contribution in [-0.4, -0.2) is 21.1 Å². The lowest BCUT2D eigenvalue weighted by Crippen LogP contribution is -2.57. The zero-order valence-corrected chi connectivity index (χ0v) is 20.1. The Morgan fingerprint density at radius 3 is 2.50 bits per heavy atom. The van der Waals surface area contributed by atoms with Crippen molar-refractivity contribution < 1.29 is 14.0 Å². The number of hydrazine groups is 1. The highest BCUT2D eigenvalue weighted by Crippen LogP contribution is 2.60. The summed E-state index contributed by atoms with van der Waals surface area (Å²) in [4.78, 5) is 26.9. The van der Waals surface area contributed by atoms with E-state index in [-0.39, 0.29) is 17.2 Å². The largest absolute Gasteiger partial charge is 0.457 e. The third kappa shape index (κ3) is 3.58. The number of hydrogen-bond donors (Lipinski definition) is 1. The molecule has 0 atom stereocenters. The van der Waals surface area contributed by atoms with Gasteiger partial charge in [0, 0.05) is 11.6 Å². The highest BCUT2D eigenvalue weighted by atomic mass is 32.2. The fourth-order valence-electron chi connectivity index (χ4n) is 6.67. The van der Waals surface area contributed by atoms with Crippen LogP contribution in [-0.2, 0) is 9.59 Å². The maximum atomic E-state index is 13.4. The van der Waals surface area contributed by atoms with Gasteiger partial charge in [0.15, 0.2) is 4.32 Å². The van der Waals surface area contributed by atoms with Crippen LogP contribution in [0.15, 0.2) is 45.7 Å². The van der Waals surface area contributed by atoms with Crippen LogP contribution < -0.4 is 5.43 Å². The SMILES string of the molecule is N#Cc1ccccc1-c1ccc(/C=C2/SC(=S)N(NC(=O)C34CC5CC(CC(C5)C3)C4)C2=O)o1. The smallest absolute Gasteiger partial charge is 0.285 e. The summed E-state index contributed by atoms with van der Waals surface area (Å²) in [5.74, 6) is 2.55. The quantitative estimate of drug-likeness (QED) is 0.465. The van der Waals surface area contributed by atoms with Gasteiger partial charge in [-0.25, -0.2) is 0 Å². The number of nitriles is 1. The number of carbonyl (C=O) groups excluding carboxylic acids is 2. The van der Waals surface area contributed by atoms with Crippen LogP contribution in [0, 0.1) is 34.5 Å². The van der Waals surface area contributed by atoms with E-state index >= 15 is 0 Å². The average molecular weight is 490 g/mol. The van der Waals surface area contributed by atoms with E-state index in [1.54, 1.807) is 30.3 Å². The summed E-state index contributed by atoms with van der Waals surface area (Å²) in [6.07, 6.45) is 8.16. The summed E-state index contributed by atoms with van der Waals surface area (Å²) < 4.78 is 6.21. The van der Waals surface area contributed by atoms with E-state index in [4.69, 9.17) is 16.6 Å². The highest BCUT2D eigenvalue weighted by Gasteiger charge is 2.55. The van der Waals surface area contributed by atoms with Gasteiger partial charge in [0.1, 0.15) is 11.5 Å². The van der Waals surface area contributed by atoms with Crippen molar-refractivity contribution in [3.05, 3.63) is 52.6 Å². The van der Waals surface area contributed by atoms with Gasteiger partial charge in [0.2, 0.25) is 5.91 Å². The first kappa shape index (κ1) is 21.6. The number of benzene rings is 1. The molecule has 8 heteroatoms. The van der Waals surface area contributed by atoms with Crippen LogP contribution in [0.1, 0.15) is 49.8 Å². The normalized spacial score (nSPS) is 30.7. The number of carbonyl (C=O) groups is 2. The Morgan fingerprint density at radius 2 is 1.82 bits per heavy atom. The third-order valence-corrected chi connectivity index (χ3v) is 9.04. The van der Waals surface area contributed by atoms with Gasteiger partial charge in [-0.15, -0.1) is 0 Å². The molecule has 0 spiro atoms.